The average molecular weight is 385 g/mol. The van der Waals surface area contributed by atoms with E-state index < -0.39 is 17.3 Å². The molecule has 2 aromatic heterocycles. The normalized spacial score (nSPS) is 14.2. The fraction of sp³-hybridized carbons (Fsp3) is 0.263. The molecule has 4 rings (SSSR count). The number of amides is 1. The van der Waals surface area contributed by atoms with Gasteiger partial charge in [0.05, 0.1) is 29.4 Å². The third-order valence-electron chi connectivity index (χ3n) is 4.86. The van der Waals surface area contributed by atoms with Crippen LogP contribution in [-0.2, 0) is 17.9 Å². The van der Waals surface area contributed by atoms with Crippen molar-refractivity contribution in [1.29, 1.82) is 0 Å². The minimum atomic E-state index is -1.31. The Balaban J connectivity index is 2.01. The number of pyridine rings is 1. The van der Waals surface area contributed by atoms with Gasteiger partial charge in [-0.15, -0.1) is 0 Å². The van der Waals surface area contributed by atoms with E-state index in [0.717, 1.165) is 10.6 Å². The summed E-state index contributed by atoms with van der Waals surface area (Å²) in [5.41, 5.74) is -0.789. The highest BCUT2D eigenvalue weighted by atomic mass is 19.1. The SMILES string of the molecule is O=C(O)c1c(CN2CCCC2=O)n(Cc2ncco2)c(=O)c2c(F)cccc12. The van der Waals surface area contributed by atoms with Gasteiger partial charge in [-0.05, 0) is 12.5 Å². The van der Waals surface area contributed by atoms with Gasteiger partial charge >= 0.3 is 5.97 Å². The number of aromatic nitrogens is 2. The van der Waals surface area contributed by atoms with E-state index in [1.807, 2.05) is 0 Å². The molecule has 3 aromatic rings. The summed E-state index contributed by atoms with van der Waals surface area (Å²) in [6.45, 7) is 0.225. The molecule has 0 spiro atoms. The average Bonchev–Trinajstić information content (AvgIpc) is 3.30. The first-order valence-electron chi connectivity index (χ1n) is 8.70. The Kier molecular flexibility index (Phi) is 4.42. The molecule has 1 N–H and O–H groups in total. The van der Waals surface area contributed by atoms with E-state index in [9.17, 15) is 23.9 Å². The van der Waals surface area contributed by atoms with Crippen LogP contribution >= 0.6 is 0 Å². The van der Waals surface area contributed by atoms with Crippen LogP contribution in [0.2, 0.25) is 0 Å². The molecule has 0 aliphatic carbocycles. The number of hydrogen-bond donors (Lipinski definition) is 1. The quantitative estimate of drug-likeness (QED) is 0.720. The molecule has 1 aromatic carbocycles. The van der Waals surface area contributed by atoms with E-state index in [1.165, 1.54) is 29.5 Å². The lowest BCUT2D eigenvalue weighted by molar-refractivity contribution is -0.128. The fourth-order valence-electron chi connectivity index (χ4n) is 3.59. The van der Waals surface area contributed by atoms with Gasteiger partial charge in [0.15, 0.2) is 0 Å². The molecule has 1 fully saturated rings. The van der Waals surface area contributed by atoms with Crippen molar-refractivity contribution in [2.24, 2.45) is 0 Å². The molecule has 9 heteroatoms. The molecule has 0 radical (unpaired) electrons. The first-order chi connectivity index (χ1) is 13.5. The maximum absolute atomic E-state index is 14.4. The van der Waals surface area contributed by atoms with Gasteiger partial charge in [-0.3, -0.25) is 14.2 Å². The molecule has 1 saturated heterocycles. The molecule has 1 aliphatic heterocycles. The van der Waals surface area contributed by atoms with E-state index in [0.29, 0.717) is 19.4 Å². The number of benzene rings is 1. The summed E-state index contributed by atoms with van der Waals surface area (Å²) < 4.78 is 20.8. The van der Waals surface area contributed by atoms with Crippen molar-refractivity contribution < 1.29 is 23.5 Å². The van der Waals surface area contributed by atoms with Crippen molar-refractivity contribution in [3.05, 3.63) is 64.0 Å². The molecule has 3 heterocycles. The number of carbonyl (C=O) groups is 2. The number of hydrogen-bond acceptors (Lipinski definition) is 5. The molecule has 1 amide bonds. The lowest BCUT2D eigenvalue weighted by Crippen LogP contribution is -2.33. The van der Waals surface area contributed by atoms with E-state index in [4.69, 9.17) is 4.42 Å². The van der Waals surface area contributed by atoms with Gasteiger partial charge in [-0.1, -0.05) is 12.1 Å². The third-order valence-corrected chi connectivity index (χ3v) is 4.86. The van der Waals surface area contributed by atoms with Crippen LogP contribution in [0.25, 0.3) is 10.8 Å². The van der Waals surface area contributed by atoms with Gasteiger partial charge in [0.2, 0.25) is 11.8 Å². The summed E-state index contributed by atoms with van der Waals surface area (Å²) in [6, 6.07) is 3.86. The zero-order valence-electron chi connectivity index (χ0n) is 14.7. The molecule has 0 saturated carbocycles. The zero-order valence-corrected chi connectivity index (χ0v) is 14.7. The van der Waals surface area contributed by atoms with Crippen LogP contribution in [0.3, 0.4) is 0 Å². The first kappa shape index (κ1) is 17.9. The second kappa shape index (κ2) is 6.91. The fourth-order valence-corrected chi connectivity index (χ4v) is 3.59. The maximum atomic E-state index is 14.4. The number of carbonyl (C=O) groups excluding carboxylic acids is 1. The van der Waals surface area contributed by atoms with E-state index >= 15 is 0 Å². The van der Waals surface area contributed by atoms with E-state index in [1.54, 1.807) is 0 Å². The van der Waals surface area contributed by atoms with E-state index in [-0.39, 0.29) is 46.9 Å². The molecule has 1 aliphatic rings. The standard InChI is InChI=1S/C19H16FN3O5/c20-12-4-1-3-11-16(12)18(25)23(10-14-21-6-8-28-14)13(17(11)19(26)27)9-22-7-2-5-15(22)24/h1,3-4,6,8H,2,5,7,9-10H2,(H,26,27). The smallest absolute Gasteiger partial charge is 0.338 e. The molecule has 0 atom stereocenters. The molecule has 0 unspecified atom stereocenters. The topological polar surface area (TPSA) is 106 Å². The van der Waals surface area contributed by atoms with Gasteiger partial charge in [-0.2, -0.15) is 0 Å². The summed E-state index contributed by atoms with van der Waals surface area (Å²) in [6.07, 6.45) is 3.75. The Hall–Kier alpha value is -3.49. The van der Waals surface area contributed by atoms with Gasteiger partial charge in [-0.25, -0.2) is 14.2 Å². The van der Waals surface area contributed by atoms with Crippen LogP contribution in [-0.4, -0.2) is 38.0 Å². The number of rotatable bonds is 5. The van der Waals surface area contributed by atoms with Crippen molar-refractivity contribution >= 4 is 22.6 Å². The monoisotopic (exact) mass is 385 g/mol. The first-order valence-corrected chi connectivity index (χ1v) is 8.70. The highest BCUT2D eigenvalue weighted by molar-refractivity contribution is 6.04. The number of fused-ring (bicyclic) bond motifs is 1. The highest BCUT2D eigenvalue weighted by Gasteiger charge is 2.28. The second-order valence-corrected chi connectivity index (χ2v) is 6.53. The third kappa shape index (κ3) is 2.94. The van der Waals surface area contributed by atoms with Crippen LogP contribution in [0.15, 0.2) is 39.9 Å². The summed E-state index contributed by atoms with van der Waals surface area (Å²) in [7, 11) is 0. The Morgan fingerprint density at radius 3 is 2.75 bits per heavy atom. The minimum Gasteiger partial charge on any atom is -0.478 e. The maximum Gasteiger partial charge on any atom is 0.338 e. The van der Waals surface area contributed by atoms with Crippen LogP contribution in [0.5, 0.6) is 0 Å². The number of nitrogens with zero attached hydrogens (tertiary/aromatic N) is 3. The Labute approximate surface area is 157 Å². The van der Waals surface area contributed by atoms with Crippen molar-refractivity contribution in [2.45, 2.75) is 25.9 Å². The summed E-state index contributed by atoms with van der Waals surface area (Å²) in [4.78, 5) is 42.7. The molecule has 8 nitrogen and oxygen atoms in total. The number of carboxylic acids is 1. The largest absolute Gasteiger partial charge is 0.478 e. The number of likely N-dealkylation sites (tertiary alicyclic amines) is 1. The lowest BCUT2D eigenvalue weighted by atomic mass is 10.0. The van der Waals surface area contributed by atoms with Crippen LogP contribution in [0.1, 0.15) is 34.8 Å². The Bertz CT molecular complexity index is 1140. The van der Waals surface area contributed by atoms with Crippen molar-refractivity contribution in [2.75, 3.05) is 6.54 Å². The number of carboxylic acid groups (broad SMARTS) is 1. The van der Waals surface area contributed by atoms with Gasteiger partial charge in [0.1, 0.15) is 18.6 Å². The molecular weight excluding hydrogens is 369 g/mol. The predicted molar refractivity (Wildman–Crippen MR) is 95.4 cm³/mol. The molecule has 28 heavy (non-hydrogen) atoms. The number of oxazole rings is 1. The van der Waals surface area contributed by atoms with Gasteiger partial charge < -0.3 is 14.4 Å². The van der Waals surface area contributed by atoms with Crippen molar-refractivity contribution in [3.8, 4) is 0 Å². The van der Waals surface area contributed by atoms with Gasteiger partial charge in [0.25, 0.3) is 5.56 Å². The van der Waals surface area contributed by atoms with Crippen molar-refractivity contribution in [1.82, 2.24) is 14.5 Å². The highest BCUT2D eigenvalue weighted by Crippen LogP contribution is 2.25. The Morgan fingerprint density at radius 1 is 1.29 bits per heavy atom. The molecule has 144 valence electrons. The number of aromatic carboxylic acids is 1. The summed E-state index contributed by atoms with van der Waals surface area (Å²) >= 11 is 0. The zero-order chi connectivity index (χ0) is 19.8. The van der Waals surface area contributed by atoms with Crippen LogP contribution < -0.4 is 5.56 Å². The van der Waals surface area contributed by atoms with Crippen molar-refractivity contribution in [3.63, 3.8) is 0 Å². The van der Waals surface area contributed by atoms with Gasteiger partial charge in [0, 0.05) is 18.4 Å². The Morgan fingerprint density at radius 2 is 2.11 bits per heavy atom. The summed E-state index contributed by atoms with van der Waals surface area (Å²) in [5.74, 6) is -2.07. The predicted octanol–water partition coefficient (Wildman–Crippen LogP) is 2.00. The second-order valence-electron chi connectivity index (χ2n) is 6.53. The minimum absolute atomic E-state index is 0.00259. The lowest BCUT2D eigenvalue weighted by Gasteiger charge is -2.22. The van der Waals surface area contributed by atoms with E-state index in [2.05, 4.69) is 4.98 Å². The summed E-state index contributed by atoms with van der Waals surface area (Å²) in [5, 5.41) is 9.54. The molecule has 0 bridgehead atoms. The molecular formula is C19H16FN3O5. The van der Waals surface area contributed by atoms with Crippen LogP contribution in [0, 0.1) is 5.82 Å². The van der Waals surface area contributed by atoms with Crippen LogP contribution in [0.4, 0.5) is 4.39 Å². The number of halogens is 1.